The summed E-state index contributed by atoms with van der Waals surface area (Å²) in [6, 6.07) is 4.79. The highest BCUT2D eigenvalue weighted by atomic mass is 35.5. The second-order valence-corrected chi connectivity index (χ2v) is 5.57. The second kappa shape index (κ2) is 6.83. The summed E-state index contributed by atoms with van der Waals surface area (Å²) in [5.74, 6) is 0.756. The number of aromatic nitrogens is 1. The average molecular weight is 352 g/mol. The Morgan fingerprint density at radius 3 is 2.40 bits per heavy atom. The van der Waals surface area contributed by atoms with Crippen LogP contribution in [0.15, 0.2) is 24.4 Å². The van der Waals surface area contributed by atoms with E-state index in [4.69, 9.17) is 51.1 Å². The molecular formula is C13H10Cl4N2O. The Morgan fingerprint density at radius 2 is 1.70 bits per heavy atom. The summed E-state index contributed by atoms with van der Waals surface area (Å²) in [4.78, 5) is 4.09. The molecule has 0 aliphatic carbocycles. The summed E-state index contributed by atoms with van der Waals surface area (Å²) in [6.45, 7) is 0.604. The molecule has 2 rings (SSSR count). The lowest BCUT2D eigenvalue weighted by molar-refractivity contribution is 0.462. The first-order chi connectivity index (χ1) is 9.51. The van der Waals surface area contributed by atoms with Crippen LogP contribution in [0.25, 0.3) is 0 Å². The van der Waals surface area contributed by atoms with Crippen LogP contribution in [-0.2, 0) is 6.54 Å². The van der Waals surface area contributed by atoms with Crippen LogP contribution < -0.4 is 10.1 Å². The molecule has 0 spiro atoms. The van der Waals surface area contributed by atoms with E-state index >= 15 is 0 Å². The number of halogens is 4. The number of benzene rings is 1. The summed E-state index contributed by atoms with van der Waals surface area (Å²) in [7, 11) is 1.83. The van der Waals surface area contributed by atoms with E-state index in [2.05, 4.69) is 10.3 Å². The molecule has 0 amide bonds. The highest BCUT2D eigenvalue weighted by Gasteiger charge is 2.10. The lowest BCUT2D eigenvalue weighted by Gasteiger charge is -2.10. The maximum absolute atomic E-state index is 6.05. The molecule has 1 N–H and O–H groups in total. The molecule has 0 aliphatic rings. The van der Waals surface area contributed by atoms with E-state index in [1.807, 2.05) is 7.05 Å². The Hall–Kier alpha value is -0.710. The van der Waals surface area contributed by atoms with Gasteiger partial charge in [-0.1, -0.05) is 46.4 Å². The van der Waals surface area contributed by atoms with Crippen LogP contribution >= 0.6 is 46.4 Å². The first-order valence-corrected chi connectivity index (χ1v) is 7.14. The van der Waals surface area contributed by atoms with Gasteiger partial charge in [-0.25, -0.2) is 4.98 Å². The van der Waals surface area contributed by atoms with Gasteiger partial charge in [0.15, 0.2) is 0 Å². The van der Waals surface area contributed by atoms with E-state index < -0.39 is 0 Å². The molecule has 1 aromatic heterocycles. The van der Waals surface area contributed by atoms with E-state index in [1.165, 1.54) is 12.3 Å². The molecule has 1 aromatic carbocycles. The zero-order valence-corrected chi connectivity index (χ0v) is 13.4. The van der Waals surface area contributed by atoms with Crippen molar-refractivity contribution in [1.29, 1.82) is 0 Å². The van der Waals surface area contributed by atoms with Crippen molar-refractivity contribution in [3.63, 3.8) is 0 Å². The summed E-state index contributed by atoms with van der Waals surface area (Å²) in [6.07, 6.45) is 1.52. The molecule has 3 nitrogen and oxygen atoms in total. The Balaban J connectivity index is 2.30. The highest BCUT2D eigenvalue weighted by Crippen LogP contribution is 2.36. The first kappa shape index (κ1) is 15.7. The predicted octanol–water partition coefficient (Wildman–Crippen LogP) is 5.21. The quantitative estimate of drug-likeness (QED) is 0.768. The van der Waals surface area contributed by atoms with E-state index in [0.29, 0.717) is 38.3 Å². The molecule has 0 aliphatic heterocycles. The van der Waals surface area contributed by atoms with Gasteiger partial charge in [0.25, 0.3) is 0 Å². The monoisotopic (exact) mass is 350 g/mol. The van der Waals surface area contributed by atoms with Crippen molar-refractivity contribution < 1.29 is 4.74 Å². The maximum Gasteiger partial charge on any atom is 0.219 e. The number of pyridine rings is 1. The van der Waals surface area contributed by atoms with Gasteiger partial charge in [0, 0.05) is 24.9 Å². The average Bonchev–Trinajstić information content (AvgIpc) is 2.40. The third-order valence-corrected chi connectivity index (χ3v) is 3.82. The molecule has 106 valence electrons. The fourth-order valence-corrected chi connectivity index (χ4v) is 2.28. The van der Waals surface area contributed by atoms with Crippen LogP contribution in [0, 0.1) is 0 Å². The molecule has 0 bridgehead atoms. The van der Waals surface area contributed by atoms with Gasteiger partial charge in [0.05, 0.1) is 20.1 Å². The molecule has 20 heavy (non-hydrogen) atoms. The zero-order valence-electron chi connectivity index (χ0n) is 10.4. The maximum atomic E-state index is 6.05. The van der Waals surface area contributed by atoms with Crippen LogP contribution in [0.3, 0.4) is 0 Å². The largest absolute Gasteiger partial charge is 0.437 e. The SMILES string of the molecule is CNCc1cc(Oc2cc(Cl)c(Cl)cc2Cl)ncc1Cl. The molecule has 7 heteroatoms. The van der Waals surface area contributed by atoms with Gasteiger partial charge in [-0.2, -0.15) is 0 Å². The minimum Gasteiger partial charge on any atom is -0.437 e. The molecule has 0 unspecified atom stereocenters. The summed E-state index contributed by atoms with van der Waals surface area (Å²) in [5.41, 5.74) is 0.871. The van der Waals surface area contributed by atoms with Crippen molar-refractivity contribution in [2.45, 2.75) is 6.54 Å². The lowest BCUT2D eigenvalue weighted by atomic mass is 10.2. The number of hydrogen-bond acceptors (Lipinski definition) is 3. The van der Waals surface area contributed by atoms with Gasteiger partial charge >= 0.3 is 0 Å². The zero-order chi connectivity index (χ0) is 14.7. The molecule has 0 saturated carbocycles. The van der Waals surface area contributed by atoms with Gasteiger partial charge in [0.1, 0.15) is 5.75 Å². The van der Waals surface area contributed by atoms with Crippen molar-refractivity contribution in [3.05, 3.63) is 50.0 Å². The van der Waals surface area contributed by atoms with Crippen LogP contribution in [0.2, 0.25) is 20.1 Å². The van der Waals surface area contributed by atoms with Gasteiger partial charge < -0.3 is 10.1 Å². The first-order valence-electron chi connectivity index (χ1n) is 5.62. The Bertz CT molecular complexity index is 634. The Kier molecular flexibility index (Phi) is 5.35. The fraction of sp³-hybridized carbons (Fsp3) is 0.154. The fourth-order valence-electron chi connectivity index (χ4n) is 1.54. The number of ether oxygens (including phenoxy) is 1. The summed E-state index contributed by atoms with van der Waals surface area (Å²) >= 11 is 23.9. The summed E-state index contributed by atoms with van der Waals surface area (Å²) < 4.78 is 5.61. The topological polar surface area (TPSA) is 34.1 Å². The van der Waals surface area contributed by atoms with Crippen LogP contribution in [-0.4, -0.2) is 12.0 Å². The van der Waals surface area contributed by atoms with Crippen molar-refractivity contribution in [1.82, 2.24) is 10.3 Å². The van der Waals surface area contributed by atoms with E-state index in [1.54, 1.807) is 12.1 Å². The predicted molar refractivity (Wildman–Crippen MR) is 83.6 cm³/mol. The normalized spacial score (nSPS) is 10.7. The lowest BCUT2D eigenvalue weighted by Crippen LogP contribution is -2.06. The van der Waals surface area contributed by atoms with E-state index in [9.17, 15) is 0 Å². The van der Waals surface area contributed by atoms with Crippen LogP contribution in [0.1, 0.15) is 5.56 Å². The second-order valence-electron chi connectivity index (χ2n) is 3.94. The van der Waals surface area contributed by atoms with E-state index in [-0.39, 0.29) is 0 Å². The third-order valence-electron chi connectivity index (χ3n) is 2.47. The van der Waals surface area contributed by atoms with Gasteiger partial charge in [-0.05, 0) is 18.7 Å². The molecular weight excluding hydrogens is 342 g/mol. The third kappa shape index (κ3) is 3.68. The van der Waals surface area contributed by atoms with Crippen molar-refractivity contribution in [2.75, 3.05) is 7.05 Å². The standard InChI is InChI=1S/C13H10Cl4N2O/c1-18-5-7-2-13(19-6-11(7)17)20-12-4-9(15)8(14)3-10(12)16/h2-4,6,18H,5H2,1H3. The number of hydrogen-bond donors (Lipinski definition) is 1. The molecule has 0 radical (unpaired) electrons. The Morgan fingerprint density at radius 1 is 1.00 bits per heavy atom. The number of rotatable bonds is 4. The molecule has 0 saturated heterocycles. The van der Waals surface area contributed by atoms with Gasteiger partial charge in [-0.3, -0.25) is 0 Å². The molecule has 0 fully saturated rings. The minimum absolute atomic E-state index is 0.353. The van der Waals surface area contributed by atoms with Crippen molar-refractivity contribution in [2.24, 2.45) is 0 Å². The van der Waals surface area contributed by atoms with Crippen molar-refractivity contribution in [3.8, 4) is 11.6 Å². The van der Waals surface area contributed by atoms with Crippen molar-refractivity contribution >= 4 is 46.4 Å². The van der Waals surface area contributed by atoms with Crippen LogP contribution in [0.4, 0.5) is 0 Å². The smallest absolute Gasteiger partial charge is 0.219 e. The number of nitrogens with one attached hydrogen (secondary N) is 1. The van der Waals surface area contributed by atoms with Gasteiger partial charge in [0.2, 0.25) is 5.88 Å². The summed E-state index contributed by atoms with van der Waals surface area (Å²) in [5, 5.41) is 4.65. The number of nitrogens with zero attached hydrogens (tertiary/aromatic N) is 1. The molecule has 1 heterocycles. The van der Waals surface area contributed by atoms with Gasteiger partial charge in [-0.15, -0.1) is 0 Å². The van der Waals surface area contributed by atoms with Crippen LogP contribution in [0.5, 0.6) is 11.6 Å². The molecule has 2 aromatic rings. The van der Waals surface area contributed by atoms with E-state index in [0.717, 1.165) is 5.56 Å². The minimum atomic E-state index is 0.353. The molecule has 0 atom stereocenters. The highest BCUT2D eigenvalue weighted by molar-refractivity contribution is 6.43. The Labute approximate surface area is 136 Å².